The van der Waals surface area contributed by atoms with Crippen LogP contribution in [0.15, 0.2) is 52.8 Å². The number of rotatable bonds is 3. The van der Waals surface area contributed by atoms with Gasteiger partial charge in [0.15, 0.2) is 0 Å². The highest BCUT2D eigenvalue weighted by Crippen LogP contribution is 2.33. The number of nitro benzene ring substituents is 1. The van der Waals surface area contributed by atoms with Crippen molar-refractivity contribution in [3.63, 3.8) is 0 Å². The molecule has 1 heterocycles. The minimum Gasteiger partial charge on any atom is -0.297 e. The quantitative estimate of drug-likeness (QED) is 0.503. The predicted molar refractivity (Wildman–Crippen MR) is 89.0 cm³/mol. The smallest absolute Gasteiger partial charge is 0.279 e. The van der Waals surface area contributed by atoms with Gasteiger partial charge in [-0.25, -0.2) is 0 Å². The van der Waals surface area contributed by atoms with Crippen LogP contribution in [0.25, 0.3) is 5.70 Å². The van der Waals surface area contributed by atoms with Crippen LogP contribution in [0.4, 0.5) is 5.69 Å². The Bertz CT molecular complexity index is 807. The Balaban J connectivity index is 2.00. The second kappa shape index (κ2) is 6.31. The van der Waals surface area contributed by atoms with E-state index in [1.54, 1.807) is 23.6 Å². The number of hydrogen-bond acceptors (Lipinski definition) is 5. The van der Waals surface area contributed by atoms with Crippen molar-refractivity contribution in [2.75, 3.05) is 0 Å². The van der Waals surface area contributed by atoms with Gasteiger partial charge in [-0.1, -0.05) is 29.4 Å². The number of fused-ring (bicyclic) bond motifs is 1. The van der Waals surface area contributed by atoms with Gasteiger partial charge in [-0.05, 0) is 30.3 Å². The molecule has 0 saturated heterocycles. The Labute approximate surface area is 140 Å². The van der Waals surface area contributed by atoms with Crippen LogP contribution in [-0.2, 0) is 0 Å². The summed E-state index contributed by atoms with van der Waals surface area (Å²) in [6, 6.07) is 11.6. The molecule has 2 N–H and O–H groups in total. The van der Waals surface area contributed by atoms with Gasteiger partial charge in [0.05, 0.1) is 21.7 Å². The lowest BCUT2D eigenvalue weighted by Gasteiger charge is -2.20. The van der Waals surface area contributed by atoms with Crippen LogP contribution in [0.5, 0.6) is 0 Å². The Hall–Kier alpha value is -2.51. The predicted octanol–water partition coefficient (Wildman–Crippen LogP) is 3.59. The summed E-state index contributed by atoms with van der Waals surface area (Å²) in [5.74, 6) is -0.405. The molecular formula is C15H10ClN3O3S. The minimum absolute atomic E-state index is 0.118. The molecule has 23 heavy (non-hydrogen) atoms. The fourth-order valence-corrected chi connectivity index (χ4v) is 3.00. The molecule has 1 amide bonds. The third kappa shape index (κ3) is 3.15. The van der Waals surface area contributed by atoms with Gasteiger partial charge in [-0.3, -0.25) is 25.8 Å². The second-order valence-electron chi connectivity index (χ2n) is 4.64. The number of thioether (sulfide) groups is 1. The van der Waals surface area contributed by atoms with Crippen molar-refractivity contribution in [3.05, 3.63) is 74.1 Å². The Morgan fingerprint density at radius 1 is 1.13 bits per heavy atom. The molecule has 0 spiro atoms. The molecule has 116 valence electrons. The maximum atomic E-state index is 11.9. The van der Waals surface area contributed by atoms with Crippen molar-refractivity contribution in [2.24, 2.45) is 0 Å². The summed E-state index contributed by atoms with van der Waals surface area (Å²) in [5.41, 5.74) is 6.09. The molecule has 0 radical (unpaired) electrons. The normalized spacial score (nSPS) is 14.8. The molecule has 1 aliphatic heterocycles. The van der Waals surface area contributed by atoms with Crippen LogP contribution in [0.3, 0.4) is 0 Å². The molecule has 0 atom stereocenters. The molecule has 0 saturated carbocycles. The zero-order valence-electron chi connectivity index (χ0n) is 11.6. The van der Waals surface area contributed by atoms with Crippen LogP contribution >= 0.6 is 23.4 Å². The third-order valence-corrected chi connectivity index (χ3v) is 4.34. The number of nitrogens with zero attached hydrogens (tertiary/aromatic N) is 1. The summed E-state index contributed by atoms with van der Waals surface area (Å²) in [7, 11) is 0. The number of halogens is 1. The van der Waals surface area contributed by atoms with Crippen molar-refractivity contribution in [1.82, 2.24) is 10.9 Å². The number of hydrogen-bond donors (Lipinski definition) is 2. The van der Waals surface area contributed by atoms with E-state index >= 15 is 0 Å². The minimum atomic E-state index is -0.500. The standard InChI is InChI=1S/C15H10ClN3O3S/c16-9-4-6-10(7-5-9)23-8-12-14-11(15(20)18-17-12)2-1-3-13(14)19(21)22/h1-8,17H,(H,18,20)/b12-8-. The highest BCUT2D eigenvalue weighted by Gasteiger charge is 2.28. The number of carbonyl (C=O) groups excluding carboxylic acids is 1. The lowest BCUT2D eigenvalue weighted by Crippen LogP contribution is -2.41. The number of hydrazine groups is 1. The summed E-state index contributed by atoms with van der Waals surface area (Å²) in [6.45, 7) is 0. The summed E-state index contributed by atoms with van der Waals surface area (Å²) < 4.78 is 0. The second-order valence-corrected chi connectivity index (χ2v) is 6.02. The van der Waals surface area contributed by atoms with E-state index in [9.17, 15) is 14.9 Å². The van der Waals surface area contributed by atoms with Gasteiger partial charge < -0.3 is 0 Å². The van der Waals surface area contributed by atoms with E-state index in [4.69, 9.17) is 11.6 Å². The Morgan fingerprint density at radius 2 is 1.87 bits per heavy atom. The number of benzene rings is 2. The monoisotopic (exact) mass is 347 g/mol. The average Bonchev–Trinajstić information content (AvgIpc) is 2.55. The molecule has 8 heteroatoms. The molecule has 0 aliphatic carbocycles. The topological polar surface area (TPSA) is 84.3 Å². The van der Waals surface area contributed by atoms with Crippen molar-refractivity contribution in [3.8, 4) is 0 Å². The Kier molecular flexibility index (Phi) is 4.22. The lowest BCUT2D eigenvalue weighted by molar-refractivity contribution is -0.385. The summed E-state index contributed by atoms with van der Waals surface area (Å²) in [4.78, 5) is 23.5. The molecule has 2 aromatic rings. The van der Waals surface area contributed by atoms with E-state index in [1.165, 1.54) is 23.9 Å². The van der Waals surface area contributed by atoms with Crippen molar-refractivity contribution >= 4 is 40.7 Å². The molecule has 0 aromatic heterocycles. The zero-order valence-corrected chi connectivity index (χ0v) is 13.1. The van der Waals surface area contributed by atoms with E-state index in [0.717, 1.165) is 4.90 Å². The lowest BCUT2D eigenvalue weighted by atomic mass is 10.0. The van der Waals surface area contributed by atoms with Crippen LogP contribution < -0.4 is 10.9 Å². The van der Waals surface area contributed by atoms with Gasteiger partial charge in [0, 0.05) is 21.4 Å². The van der Waals surface area contributed by atoms with Gasteiger partial charge in [0.2, 0.25) is 0 Å². The maximum absolute atomic E-state index is 11.9. The van der Waals surface area contributed by atoms with Gasteiger partial charge in [-0.15, -0.1) is 0 Å². The van der Waals surface area contributed by atoms with Crippen LogP contribution in [0.2, 0.25) is 5.02 Å². The molecule has 3 rings (SSSR count). The van der Waals surface area contributed by atoms with E-state index < -0.39 is 10.8 Å². The van der Waals surface area contributed by atoms with Crippen molar-refractivity contribution < 1.29 is 9.72 Å². The van der Waals surface area contributed by atoms with Crippen molar-refractivity contribution in [2.45, 2.75) is 4.90 Å². The van der Waals surface area contributed by atoms with Gasteiger partial charge in [-0.2, -0.15) is 0 Å². The SMILES string of the molecule is O=C1NN/C(=C\Sc2ccc(Cl)cc2)c2c1cccc2[N+](=O)[O-]. The van der Waals surface area contributed by atoms with E-state index in [2.05, 4.69) is 10.9 Å². The van der Waals surface area contributed by atoms with Gasteiger partial charge in [0.1, 0.15) is 0 Å². The highest BCUT2D eigenvalue weighted by molar-refractivity contribution is 8.02. The van der Waals surface area contributed by atoms with E-state index in [-0.39, 0.29) is 16.8 Å². The number of carbonyl (C=O) groups is 1. The Morgan fingerprint density at radius 3 is 2.57 bits per heavy atom. The first-order chi connectivity index (χ1) is 11.1. The molecule has 0 fully saturated rings. The molecule has 1 aliphatic rings. The number of nitrogens with one attached hydrogen (secondary N) is 2. The fraction of sp³-hybridized carbons (Fsp3) is 0. The van der Waals surface area contributed by atoms with Crippen LogP contribution in [-0.4, -0.2) is 10.8 Å². The molecular weight excluding hydrogens is 338 g/mol. The molecule has 0 unspecified atom stereocenters. The molecule has 0 bridgehead atoms. The largest absolute Gasteiger partial charge is 0.297 e. The van der Waals surface area contributed by atoms with E-state index in [1.807, 2.05) is 12.1 Å². The fourth-order valence-electron chi connectivity index (χ4n) is 2.15. The van der Waals surface area contributed by atoms with E-state index in [0.29, 0.717) is 10.7 Å². The third-order valence-electron chi connectivity index (χ3n) is 3.19. The zero-order chi connectivity index (χ0) is 16.4. The van der Waals surface area contributed by atoms with Crippen molar-refractivity contribution in [1.29, 1.82) is 0 Å². The number of nitro groups is 1. The van der Waals surface area contributed by atoms with Gasteiger partial charge in [0.25, 0.3) is 11.6 Å². The van der Waals surface area contributed by atoms with Gasteiger partial charge >= 0.3 is 0 Å². The highest BCUT2D eigenvalue weighted by atomic mass is 35.5. The van der Waals surface area contributed by atoms with Crippen LogP contribution in [0, 0.1) is 10.1 Å². The summed E-state index contributed by atoms with van der Waals surface area (Å²) in [5, 5.41) is 13.6. The summed E-state index contributed by atoms with van der Waals surface area (Å²) in [6.07, 6.45) is 0. The first kappa shape index (κ1) is 15.4. The molecule has 2 aromatic carbocycles. The van der Waals surface area contributed by atoms with Crippen LogP contribution in [0.1, 0.15) is 15.9 Å². The summed E-state index contributed by atoms with van der Waals surface area (Å²) >= 11 is 7.20. The first-order valence-corrected chi connectivity index (χ1v) is 7.78. The number of amides is 1. The first-order valence-electron chi connectivity index (χ1n) is 6.53. The average molecular weight is 348 g/mol. The molecule has 6 nitrogen and oxygen atoms in total. The maximum Gasteiger partial charge on any atom is 0.279 e.